The minimum atomic E-state index is -0.267. The molecule has 2 aromatic heterocycles. The fourth-order valence-corrected chi connectivity index (χ4v) is 4.07. The van der Waals surface area contributed by atoms with Crippen molar-refractivity contribution in [3.8, 4) is 17.1 Å². The van der Waals surface area contributed by atoms with Crippen molar-refractivity contribution in [2.45, 2.75) is 58.2 Å². The molecule has 0 aliphatic rings. The van der Waals surface area contributed by atoms with Crippen LogP contribution in [0.4, 0.5) is 0 Å². The molecule has 0 radical (unpaired) electrons. The highest BCUT2D eigenvalue weighted by atomic mass is 32.2. The Morgan fingerprint density at radius 1 is 1.07 bits per heavy atom. The van der Waals surface area contributed by atoms with Gasteiger partial charge in [0, 0.05) is 23.5 Å². The molecule has 3 rings (SSSR count). The van der Waals surface area contributed by atoms with Gasteiger partial charge in [-0.15, -0.1) is 10.2 Å². The van der Waals surface area contributed by atoms with Crippen molar-refractivity contribution < 1.29 is 4.79 Å². The fourth-order valence-electron chi connectivity index (χ4n) is 3.33. The average Bonchev–Trinajstić information content (AvgIpc) is 3.14. The predicted octanol–water partition coefficient (Wildman–Crippen LogP) is 4.46. The van der Waals surface area contributed by atoms with E-state index in [2.05, 4.69) is 57.1 Å². The number of thioether (sulfide) groups is 1. The molecular weight excluding hydrogens is 394 g/mol. The molecule has 0 bridgehead atoms. The molecule has 2 heterocycles. The van der Waals surface area contributed by atoms with Crippen LogP contribution in [-0.2, 0) is 17.6 Å². The molecule has 158 valence electrons. The second kappa shape index (κ2) is 9.43. The molecule has 1 amide bonds. The average molecular weight is 424 g/mol. The van der Waals surface area contributed by atoms with E-state index in [4.69, 9.17) is 0 Å². The van der Waals surface area contributed by atoms with Gasteiger partial charge in [-0.25, -0.2) is 0 Å². The molecular formula is C23H29N5OS. The van der Waals surface area contributed by atoms with Gasteiger partial charge in [-0.2, -0.15) is 0 Å². The first kappa shape index (κ1) is 22.0. The highest BCUT2D eigenvalue weighted by Gasteiger charge is 2.22. The van der Waals surface area contributed by atoms with Crippen LogP contribution in [0.1, 0.15) is 45.7 Å². The number of aromatic nitrogens is 4. The molecule has 0 aliphatic heterocycles. The van der Waals surface area contributed by atoms with Gasteiger partial charge in [0.1, 0.15) is 0 Å². The van der Waals surface area contributed by atoms with Gasteiger partial charge in [0.25, 0.3) is 0 Å². The number of pyridine rings is 1. The second-order valence-corrected chi connectivity index (χ2v) is 9.04. The van der Waals surface area contributed by atoms with Crippen LogP contribution >= 0.6 is 11.8 Å². The molecule has 0 aliphatic carbocycles. The number of nitrogens with one attached hydrogen (secondary N) is 1. The Kier molecular flexibility index (Phi) is 6.92. The Morgan fingerprint density at radius 3 is 2.33 bits per heavy atom. The quantitative estimate of drug-likeness (QED) is 0.568. The number of aryl methyl sites for hydroxylation is 2. The van der Waals surface area contributed by atoms with Gasteiger partial charge in [-0.05, 0) is 56.9 Å². The Bertz CT molecular complexity index is 986. The van der Waals surface area contributed by atoms with Crippen LogP contribution in [0, 0.1) is 0 Å². The summed E-state index contributed by atoms with van der Waals surface area (Å²) < 4.78 is 2.09. The standard InChI is InChI=1S/C23H29N5OS/c1-6-16-10-8-11-17(7-2)20(16)28-21(18-12-9-13-24-14-18)26-27-22(28)30-15-19(29)25-23(3,4)5/h8-14H,6-7,15H2,1-5H3,(H,25,29). The van der Waals surface area contributed by atoms with Crippen LogP contribution < -0.4 is 5.32 Å². The van der Waals surface area contributed by atoms with Crippen molar-refractivity contribution in [1.29, 1.82) is 0 Å². The molecule has 3 aromatic rings. The second-order valence-electron chi connectivity index (χ2n) is 8.10. The molecule has 0 spiro atoms. The van der Waals surface area contributed by atoms with E-state index >= 15 is 0 Å². The van der Waals surface area contributed by atoms with Crippen molar-refractivity contribution >= 4 is 17.7 Å². The highest BCUT2D eigenvalue weighted by Crippen LogP contribution is 2.32. The van der Waals surface area contributed by atoms with Gasteiger partial charge in [-0.1, -0.05) is 43.8 Å². The van der Waals surface area contributed by atoms with Gasteiger partial charge >= 0.3 is 0 Å². The van der Waals surface area contributed by atoms with Crippen molar-refractivity contribution in [1.82, 2.24) is 25.1 Å². The monoisotopic (exact) mass is 423 g/mol. The summed E-state index contributed by atoms with van der Waals surface area (Å²) in [4.78, 5) is 16.7. The number of rotatable bonds is 7. The Morgan fingerprint density at radius 2 is 1.77 bits per heavy atom. The summed E-state index contributed by atoms with van der Waals surface area (Å²) in [6.45, 7) is 10.2. The predicted molar refractivity (Wildman–Crippen MR) is 122 cm³/mol. The highest BCUT2D eigenvalue weighted by molar-refractivity contribution is 7.99. The molecule has 0 saturated heterocycles. The molecule has 0 saturated carbocycles. The number of hydrogen-bond donors (Lipinski definition) is 1. The van der Waals surface area contributed by atoms with Gasteiger partial charge in [0.05, 0.1) is 11.4 Å². The molecule has 6 nitrogen and oxygen atoms in total. The van der Waals surface area contributed by atoms with E-state index in [1.54, 1.807) is 12.4 Å². The van der Waals surface area contributed by atoms with Gasteiger partial charge in [0.15, 0.2) is 11.0 Å². The van der Waals surface area contributed by atoms with Crippen molar-refractivity contribution in [2.24, 2.45) is 0 Å². The maximum Gasteiger partial charge on any atom is 0.230 e. The van der Waals surface area contributed by atoms with Gasteiger partial charge in [0.2, 0.25) is 5.91 Å². The summed E-state index contributed by atoms with van der Waals surface area (Å²) in [7, 11) is 0. The third kappa shape index (κ3) is 5.08. The van der Waals surface area contributed by atoms with E-state index in [1.807, 2.05) is 32.9 Å². The lowest BCUT2D eigenvalue weighted by molar-refractivity contribution is -0.119. The van der Waals surface area contributed by atoms with Crippen LogP contribution in [0.2, 0.25) is 0 Å². The maximum absolute atomic E-state index is 12.4. The van der Waals surface area contributed by atoms with Crippen molar-refractivity contribution in [2.75, 3.05) is 5.75 Å². The van der Waals surface area contributed by atoms with Crippen molar-refractivity contribution in [3.63, 3.8) is 0 Å². The zero-order valence-corrected chi connectivity index (χ0v) is 19.1. The summed E-state index contributed by atoms with van der Waals surface area (Å²) in [5.41, 5.74) is 4.17. The van der Waals surface area contributed by atoms with Crippen LogP contribution in [0.5, 0.6) is 0 Å². The van der Waals surface area contributed by atoms with Gasteiger partial charge < -0.3 is 5.32 Å². The Labute approximate surface area is 182 Å². The first-order valence-electron chi connectivity index (χ1n) is 10.2. The lowest BCUT2D eigenvalue weighted by atomic mass is 10.0. The summed E-state index contributed by atoms with van der Waals surface area (Å²) in [5.74, 6) is 0.986. The number of nitrogens with zero attached hydrogens (tertiary/aromatic N) is 4. The maximum atomic E-state index is 12.4. The number of hydrogen-bond acceptors (Lipinski definition) is 5. The van der Waals surface area contributed by atoms with Gasteiger partial charge in [-0.3, -0.25) is 14.3 Å². The summed E-state index contributed by atoms with van der Waals surface area (Å²) in [6, 6.07) is 10.3. The van der Waals surface area contributed by atoms with Crippen LogP contribution in [-0.4, -0.2) is 36.9 Å². The molecule has 0 fully saturated rings. The van der Waals surface area contributed by atoms with E-state index in [0.29, 0.717) is 5.16 Å². The molecule has 0 unspecified atom stereocenters. The third-order valence-corrected chi connectivity index (χ3v) is 5.52. The van der Waals surface area contributed by atoms with Crippen LogP contribution in [0.3, 0.4) is 0 Å². The number of para-hydroxylation sites is 1. The zero-order chi connectivity index (χ0) is 21.7. The minimum Gasteiger partial charge on any atom is -0.351 e. The van der Waals surface area contributed by atoms with Crippen LogP contribution in [0.25, 0.3) is 17.1 Å². The largest absolute Gasteiger partial charge is 0.351 e. The zero-order valence-electron chi connectivity index (χ0n) is 18.3. The number of benzene rings is 1. The molecule has 0 atom stereocenters. The minimum absolute atomic E-state index is 0.0236. The Hall–Kier alpha value is -2.67. The first-order valence-corrected chi connectivity index (χ1v) is 11.2. The molecule has 30 heavy (non-hydrogen) atoms. The van der Waals surface area contributed by atoms with E-state index in [-0.39, 0.29) is 17.2 Å². The fraction of sp³-hybridized carbons (Fsp3) is 0.391. The van der Waals surface area contributed by atoms with E-state index in [9.17, 15) is 4.79 Å². The summed E-state index contributed by atoms with van der Waals surface area (Å²) >= 11 is 1.40. The van der Waals surface area contributed by atoms with Crippen molar-refractivity contribution in [3.05, 3.63) is 53.9 Å². The van der Waals surface area contributed by atoms with E-state index < -0.39 is 0 Å². The SMILES string of the molecule is CCc1cccc(CC)c1-n1c(SCC(=O)NC(C)(C)C)nnc1-c1cccnc1. The topological polar surface area (TPSA) is 72.7 Å². The van der Waals surface area contributed by atoms with E-state index in [1.165, 1.54) is 22.9 Å². The van der Waals surface area contributed by atoms with E-state index in [0.717, 1.165) is 29.9 Å². The number of carbonyl (C=O) groups excluding carboxylic acids is 1. The number of carbonyl (C=O) groups is 1. The molecule has 1 N–H and O–H groups in total. The summed E-state index contributed by atoms with van der Waals surface area (Å²) in [5, 5.41) is 12.7. The lowest BCUT2D eigenvalue weighted by Gasteiger charge is -2.20. The third-order valence-electron chi connectivity index (χ3n) is 4.59. The smallest absolute Gasteiger partial charge is 0.230 e. The first-order chi connectivity index (χ1) is 14.3. The normalized spacial score (nSPS) is 11.5. The summed E-state index contributed by atoms with van der Waals surface area (Å²) in [6.07, 6.45) is 5.32. The molecule has 1 aromatic carbocycles. The lowest BCUT2D eigenvalue weighted by Crippen LogP contribution is -2.41. The molecule has 7 heteroatoms. The van der Waals surface area contributed by atoms with Crippen LogP contribution in [0.15, 0.2) is 47.9 Å². The Balaban J connectivity index is 2.08. The number of amides is 1.